The average Bonchev–Trinajstić information content (AvgIpc) is 0.714. The molecule has 0 fully saturated rings. The number of anilines is 11. The molecule has 9 aromatic rings. The average molecular weight is 1370 g/mol. The van der Waals surface area contributed by atoms with Crippen LogP contribution in [0.15, 0.2) is 224 Å². The summed E-state index contributed by atoms with van der Waals surface area (Å²) in [5.74, 6) is 0. The summed E-state index contributed by atoms with van der Waals surface area (Å²) in [7, 11) is 0. The fraction of sp³-hybridized carbons (Fsp3) is 0.432. The SMILES string of the molecule is CC.CC.CC.CC.CC.CC.CC.CC.CC.CCC.CCC.CCC.CCC.CCC.CCC.CCC.CCN1c2ccccc2B2c3ccccc3N(c3ccccc3)c3cccc1c32.c1ccc(N2c3ccccc3B3c4ccccc4N(c4ccccc4)c4cccc2c43)cc1. The first kappa shape index (κ1) is 102. The van der Waals surface area contributed by atoms with Crippen molar-refractivity contribution in [1.82, 2.24) is 0 Å². The van der Waals surface area contributed by atoms with Crippen LogP contribution in [-0.2, 0) is 0 Å². The van der Waals surface area contributed by atoms with Crippen molar-refractivity contribution >= 4 is 109 Å². The zero-order valence-electron chi connectivity index (χ0n) is 71.5. The van der Waals surface area contributed by atoms with Crippen LogP contribution in [0.4, 0.5) is 62.6 Å². The minimum absolute atomic E-state index is 0.198. The minimum atomic E-state index is 0.198. The van der Waals surface area contributed by atoms with E-state index in [-0.39, 0.29) is 13.4 Å². The fourth-order valence-corrected chi connectivity index (χ4v) is 10.7. The third kappa shape index (κ3) is 30.0. The summed E-state index contributed by atoms with van der Waals surface area (Å²) in [6, 6.07) is 81.1. The van der Waals surface area contributed by atoms with Crippen LogP contribution in [0, 0.1) is 0 Å². The number of fused-ring (bicyclic) bond motifs is 8. The Hall–Kier alpha value is -7.69. The highest BCUT2D eigenvalue weighted by molar-refractivity contribution is 7.01. The fourth-order valence-electron chi connectivity index (χ4n) is 10.7. The minimum Gasteiger partial charge on any atom is -0.343 e. The van der Waals surface area contributed by atoms with E-state index in [1.807, 2.05) is 125 Å². The highest BCUT2D eigenvalue weighted by atomic mass is 15.2. The molecule has 4 aliphatic rings. The van der Waals surface area contributed by atoms with Crippen LogP contribution in [0.1, 0.15) is 273 Å². The molecule has 0 saturated heterocycles. The summed E-state index contributed by atoms with van der Waals surface area (Å²) in [5, 5.41) is 0. The van der Waals surface area contributed by atoms with Crippen molar-refractivity contribution in [3.63, 3.8) is 0 Å². The lowest BCUT2D eigenvalue weighted by Crippen LogP contribution is -2.61. The van der Waals surface area contributed by atoms with E-state index >= 15 is 0 Å². The Morgan fingerprint density at radius 2 is 0.356 bits per heavy atom. The highest BCUT2D eigenvalue weighted by Gasteiger charge is 2.44. The quantitative estimate of drug-likeness (QED) is 0.163. The molecule has 0 radical (unpaired) electrons. The molecule has 4 nitrogen and oxygen atoms in total. The van der Waals surface area contributed by atoms with Crippen molar-refractivity contribution in [2.24, 2.45) is 0 Å². The Kier molecular flexibility index (Phi) is 68.7. The molecule has 0 atom stereocenters. The molecule has 0 saturated carbocycles. The Morgan fingerprint density at radius 1 is 0.188 bits per heavy atom. The van der Waals surface area contributed by atoms with Gasteiger partial charge in [-0.1, -0.05) is 406 Å². The number of nitrogens with zero attached hydrogens (tertiary/aromatic N) is 4. The monoisotopic (exact) mass is 1370 g/mol. The third-order valence-corrected chi connectivity index (χ3v) is 13.1. The van der Waals surface area contributed by atoms with Gasteiger partial charge in [-0.25, -0.2) is 0 Å². The molecule has 0 spiro atoms. The maximum atomic E-state index is 2.46. The van der Waals surface area contributed by atoms with Gasteiger partial charge in [-0.2, -0.15) is 0 Å². The molecule has 6 heteroatoms. The van der Waals surface area contributed by atoms with Gasteiger partial charge in [-0.3, -0.25) is 0 Å². The van der Waals surface area contributed by atoms with E-state index in [9.17, 15) is 0 Å². The molecular weight excluding hydrogens is 1220 g/mol. The van der Waals surface area contributed by atoms with Crippen LogP contribution in [0.5, 0.6) is 0 Å². The Balaban J connectivity index is -0.000000409. The van der Waals surface area contributed by atoms with Crippen molar-refractivity contribution in [3.8, 4) is 0 Å². The normalized spacial score (nSPS) is 10.0. The van der Waals surface area contributed by atoms with Crippen molar-refractivity contribution in [2.75, 3.05) is 26.1 Å². The number of hydrogen-bond acceptors (Lipinski definition) is 4. The third-order valence-electron chi connectivity index (χ3n) is 13.1. The molecule has 0 unspecified atom stereocenters. The topological polar surface area (TPSA) is 13.0 Å². The summed E-state index contributed by atoms with van der Waals surface area (Å²) < 4.78 is 0. The first-order valence-corrected chi connectivity index (χ1v) is 40.6. The first-order valence-electron chi connectivity index (χ1n) is 40.6. The number of hydrogen-bond donors (Lipinski definition) is 0. The number of para-hydroxylation sites is 7. The summed E-state index contributed by atoms with van der Waals surface area (Å²) >= 11 is 0. The van der Waals surface area contributed by atoms with Gasteiger partial charge in [-0.05, 0) is 125 Å². The smallest absolute Gasteiger partial charge is 0.252 e. The summed E-state index contributed by atoms with van der Waals surface area (Å²) in [5.41, 5.74) is 22.0. The van der Waals surface area contributed by atoms with Gasteiger partial charge in [0.1, 0.15) is 0 Å². The van der Waals surface area contributed by atoms with Gasteiger partial charge in [0.05, 0.1) is 0 Å². The van der Waals surface area contributed by atoms with E-state index < -0.39 is 0 Å². The van der Waals surface area contributed by atoms with Gasteiger partial charge in [0.15, 0.2) is 0 Å². The number of rotatable bonds is 4. The van der Waals surface area contributed by atoms with Crippen LogP contribution < -0.4 is 52.4 Å². The molecule has 13 rings (SSSR count). The summed E-state index contributed by atoms with van der Waals surface area (Å²) in [6.45, 7) is 69.4. The molecule has 0 N–H and O–H groups in total. The second-order valence-corrected chi connectivity index (χ2v) is 21.2. The maximum Gasteiger partial charge on any atom is 0.252 e. The molecule has 4 aliphatic heterocycles. The summed E-state index contributed by atoms with van der Waals surface area (Å²) in [6.07, 6.45) is 8.75. The molecule has 0 amide bonds. The van der Waals surface area contributed by atoms with Gasteiger partial charge < -0.3 is 19.6 Å². The van der Waals surface area contributed by atoms with Crippen LogP contribution in [0.3, 0.4) is 0 Å². The second kappa shape index (κ2) is 68.1. The van der Waals surface area contributed by atoms with Gasteiger partial charge in [0, 0.05) is 69.1 Å². The van der Waals surface area contributed by atoms with Gasteiger partial charge in [-0.15, -0.1) is 0 Å². The predicted octanol–water partition coefficient (Wildman–Crippen LogP) is 29.4. The molecular formula is C95H152B2N4. The molecule has 9 aromatic carbocycles. The van der Waals surface area contributed by atoms with Crippen molar-refractivity contribution in [2.45, 2.75) is 273 Å². The van der Waals surface area contributed by atoms with Crippen molar-refractivity contribution < 1.29 is 0 Å². The van der Waals surface area contributed by atoms with E-state index in [1.54, 1.807) is 0 Å². The zero-order chi connectivity index (χ0) is 78.1. The number of benzene rings is 9. The standard InChI is InChI=1S/C30H21BN2.C26H21BN2.7C3H8.9C2H6/c1-3-12-22(13-4-1)32-26-18-9-7-16-24(26)31-25-17-8-10-19-27(25)33(23-14-5-2-6-15-23)29-21-11-20-28(32)30(29)31;1-2-28-22-15-8-6-13-20(22)27-21-14-7-9-16-23(21)29(19-11-4-3-5-12-19)25-18-10-17-24(28)26(25)27;7*1-3-2;9*1-2/h1-21H;3-18H,2H2,1H3;7*3H2,1-2H3;9*1-2H3. The zero-order valence-corrected chi connectivity index (χ0v) is 71.5. The van der Waals surface area contributed by atoms with Gasteiger partial charge in [0.2, 0.25) is 0 Å². The first-order chi connectivity index (χ1) is 49.7. The van der Waals surface area contributed by atoms with E-state index in [2.05, 4.69) is 348 Å². The largest absolute Gasteiger partial charge is 0.343 e. The molecule has 101 heavy (non-hydrogen) atoms. The van der Waals surface area contributed by atoms with Crippen LogP contribution in [0.2, 0.25) is 0 Å². The molecule has 0 bridgehead atoms. The summed E-state index contributed by atoms with van der Waals surface area (Å²) in [4.78, 5) is 9.72. The lowest BCUT2D eigenvalue weighted by molar-refractivity contribution is 1.03. The van der Waals surface area contributed by atoms with Gasteiger partial charge >= 0.3 is 0 Å². The molecule has 0 aliphatic carbocycles. The lowest BCUT2D eigenvalue weighted by atomic mass is 9.33. The molecule has 558 valence electrons. The Bertz CT molecular complexity index is 3120. The van der Waals surface area contributed by atoms with E-state index in [0.29, 0.717) is 0 Å². The second-order valence-electron chi connectivity index (χ2n) is 21.2. The lowest BCUT2D eigenvalue weighted by Gasteiger charge is -2.44. The molecule has 0 aromatic heterocycles. The Labute approximate surface area is 629 Å². The maximum absolute atomic E-state index is 2.46. The van der Waals surface area contributed by atoms with E-state index in [0.717, 1.165) is 6.54 Å². The van der Waals surface area contributed by atoms with Gasteiger partial charge in [0.25, 0.3) is 13.4 Å². The predicted molar refractivity (Wildman–Crippen MR) is 479 cm³/mol. The Morgan fingerprint density at radius 3 is 0.584 bits per heavy atom. The molecule has 4 heterocycles. The van der Waals surface area contributed by atoms with Crippen molar-refractivity contribution in [1.29, 1.82) is 0 Å². The highest BCUT2D eigenvalue weighted by Crippen LogP contribution is 2.44. The van der Waals surface area contributed by atoms with Crippen LogP contribution >= 0.6 is 0 Å². The van der Waals surface area contributed by atoms with Crippen LogP contribution in [0.25, 0.3) is 0 Å². The van der Waals surface area contributed by atoms with Crippen molar-refractivity contribution in [3.05, 3.63) is 224 Å². The van der Waals surface area contributed by atoms with E-state index in [4.69, 9.17) is 0 Å². The van der Waals surface area contributed by atoms with Crippen LogP contribution in [-0.4, -0.2) is 20.0 Å². The van der Waals surface area contributed by atoms with E-state index in [1.165, 1.54) is 140 Å².